The summed E-state index contributed by atoms with van der Waals surface area (Å²) in [5.74, 6) is -1.08. The fourth-order valence-electron chi connectivity index (χ4n) is 2.30. The molecule has 24 heavy (non-hydrogen) atoms. The second-order valence-electron chi connectivity index (χ2n) is 4.98. The van der Waals surface area contributed by atoms with Crippen molar-refractivity contribution < 1.29 is 47.3 Å². The molecule has 0 aliphatic rings. The largest absolute Gasteiger partial charge is 1.00 e. The van der Waals surface area contributed by atoms with Gasteiger partial charge in [-0.2, -0.15) is 0 Å². The Balaban J connectivity index is 0.00000208. The Labute approximate surface area is 170 Å². The van der Waals surface area contributed by atoms with Gasteiger partial charge in [0.2, 0.25) is 5.78 Å². The number of rotatable bonds is 4. The quantitative estimate of drug-likeness (QED) is 0.377. The zero-order valence-corrected chi connectivity index (χ0v) is 17.0. The Kier molecular flexibility index (Phi) is 6.25. The third-order valence-electron chi connectivity index (χ3n) is 3.30. The predicted molar refractivity (Wildman–Crippen MR) is 90.1 cm³/mol. The number of hydrogen-bond donors (Lipinski definition) is 0. The summed E-state index contributed by atoms with van der Waals surface area (Å²) in [6.45, 7) is 0. The van der Waals surface area contributed by atoms with Gasteiger partial charge in [0.15, 0.2) is 0 Å². The summed E-state index contributed by atoms with van der Waals surface area (Å²) >= 11 is 7.23. The summed E-state index contributed by atoms with van der Waals surface area (Å²) in [4.78, 5) is 13.2. The molecule has 2 aromatic carbocycles. The van der Waals surface area contributed by atoms with Crippen molar-refractivity contribution in [3.63, 3.8) is 0 Å². The molecule has 0 saturated heterocycles. The van der Waals surface area contributed by atoms with E-state index in [0.29, 0.717) is 9.90 Å². The van der Waals surface area contributed by atoms with Crippen LogP contribution in [0.4, 0.5) is 0 Å². The maximum absolute atomic E-state index is 12.7. The minimum Gasteiger partial charge on any atom is -0.748 e. The first-order valence-electron chi connectivity index (χ1n) is 6.59. The number of halogens is 1. The molecule has 118 valence electrons. The number of fused-ring (bicyclic) bond motifs is 1. The smallest absolute Gasteiger partial charge is 0.748 e. The number of carbonyl (C=O) groups excluding carboxylic acids is 1. The summed E-state index contributed by atoms with van der Waals surface area (Å²) in [6.07, 6.45) is 0. The molecule has 0 fully saturated rings. The van der Waals surface area contributed by atoms with Crippen LogP contribution in [-0.4, -0.2) is 18.8 Å². The monoisotopic (exact) mass is 388 g/mol. The molecule has 0 radical (unpaired) electrons. The molecule has 0 saturated carbocycles. The van der Waals surface area contributed by atoms with Crippen LogP contribution in [0.2, 0.25) is 5.02 Å². The van der Waals surface area contributed by atoms with Crippen LogP contribution in [0, 0.1) is 0 Å². The maximum atomic E-state index is 12.7. The molecule has 1 heterocycles. The Morgan fingerprint density at radius 2 is 1.83 bits per heavy atom. The maximum Gasteiger partial charge on any atom is 1.00 e. The second kappa shape index (κ2) is 7.66. The fourth-order valence-corrected chi connectivity index (χ4v) is 4.12. The fraction of sp³-hybridized carbons (Fsp3) is 0.0625. The van der Waals surface area contributed by atoms with E-state index < -0.39 is 15.9 Å². The molecule has 0 aliphatic heterocycles. The first-order valence-corrected chi connectivity index (χ1v) is 9.36. The third kappa shape index (κ3) is 4.46. The first kappa shape index (κ1) is 19.6. The summed E-state index contributed by atoms with van der Waals surface area (Å²) in [5, 5.41) is 1.24. The molecule has 0 amide bonds. The summed E-state index contributed by atoms with van der Waals surface area (Å²) in [7, 11) is -4.49. The third-order valence-corrected chi connectivity index (χ3v) is 5.31. The summed E-state index contributed by atoms with van der Waals surface area (Å²) in [6, 6.07) is 13.6. The Bertz CT molecular complexity index is 979. The van der Waals surface area contributed by atoms with Crippen molar-refractivity contribution in [2.45, 2.75) is 5.75 Å². The number of hydrogen-bond acceptors (Lipinski definition) is 5. The SMILES string of the molecule is O=C(c1cc2ccccc2s1)c1cc(Cl)ccc1CS(=O)(=O)[O-].[Na+]. The molecule has 3 rings (SSSR count). The molecule has 1 aromatic heterocycles. The van der Waals surface area contributed by atoms with Gasteiger partial charge in [0.1, 0.15) is 0 Å². The molecule has 3 aromatic rings. The van der Waals surface area contributed by atoms with Crippen molar-refractivity contribution in [1.29, 1.82) is 0 Å². The van der Waals surface area contributed by atoms with Crippen molar-refractivity contribution in [1.82, 2.24) is 0 Å². The van der Waals surface area contributed by atoms with E-state index in [1.54, 1.807) is 6.07 Å². The van der Waals surface area contributed by atoms with E-state index in [9.17, 15) is 17.8 Å². The van der Waals surface area contributed by atoms with Crippen molar-refractivity contribution in [3.05, 3.63) is 69.6 Å². The molecule has 8 heteroatoms. The van der Waals surface area contributed by atoms with E-state index in [1.807, 2.05) is 24.3 Å². The Morgan fingerprint density at radius 3 is 2.50 bits per heavy atom. The van der Waals surface area contributed by atoms with E-state index in [2.05, 4.69) is 0 Å². The first-order chi connectivity index (χ1) is 10.8. The van der Waals surface area contributed by atoms with Crippen molar-refractivity contribution in [3.8, 4) is 0 Å². The van der Waals surface area contributed by atoms with Crippen LogP contribution in [0.15, 0.2) is 48.5 Å². The molecular formula is C16H10ClNaO4S2. The minimum absolute atomic E-state index is 0. The number of ketones is 1. The van der Waals surface area contributed by atoms with Gasteiger partial charge in [-0.05, 0) is 35.2 Å². The molecule has 0 bridgehead atoms. The average molecular weight is 389 g/mol. The Hall–Kier alpha value is -0.730. The summed E-state index contributed by atoms with van der Waals surface area (Å²) < 4.78 is 34.1. The minimum atomic E-state index is -4.49. The average Bonchev–Trinajstić information content (AvgIpc) is 2.91. The van der Waals surface area contributed by atoms with Gasteiger partial charge in [-0.3, -0.25) is 4.79 Å². The zero-order valence-electron chi connectivity index (χ0n) is 12.7. The van der Waals surface area contributed by atoms with Crippen LogP contribution in [0.5, 0.6) is 0 Å². The van der Waals surface area contributed by atoms with Gasteiger partial charge in [-0.1, -0.05) is 35.9 Å². The molecular weight excluding hydrogens is 379 g/mol. The van der Waals surface area contributed by atoms with Gasteiger partial charge < -0.3 is 4.55 Å². The van der Waals surface area contributed by atoms with Crippen LogP contribution in [-0.2, 0) is 15.9 Å². The van der Waals surface area contributed by atoms with Crippen LogP contribution in [0.3, 0.4) is 0 Å². The van der Waals surface area contributed by atoms with Gasteiger partial charge in [0.05, 0.1) is 20.7 Å². The van der Waals surface area contributed by atoms with Gasteiger partial charge in [-0.25, -0.2) is 8.42 Å². The molecule has 4 nitrogen and oxygen atoms in total. The number of benzene rings is 2. The van der Waals surface area contributed by atoms with Gasteiger partial charge in [-0.15, -0.1) is 11.3 Å². The topological polar surface area (TPSA) is 74.3 Å². The van der Waals surface area contributed by atoms with E-state index >= 15 is 0 Å². The number of thiophene rings is 1. The van der Waals surface area contributed by atoms with Crippen molar-refractivity contribution in [2.75, 3.05) is 0 Å². The molecule has 0 aliphatic carbocycles. The van der Waals surface area contributed by atoms with E-state index in [1.165, 1.54) is 29.5 Å². The van der Waals surface area contributed by atoms with Crippen molar-refractivity contribution in [2.24, 2.45) is 0 Å². The van der Waals surface area contributed by atoms with E-state index in [4.69, 9.17) is 11.6 Å². The molecule has 0 unspecified atom stereocenters. The van der Waals surface area contributed by atoms with Crippen LogP contribution in [0.25, 0.3) is 10.1 Å². The van der Waals surface area contributed by atoms with E-state index in [-0.39, 0.29) is 46.5 Å². The molecule has 0 N–H and O–H groups in total. The zero-order chi connectivity index (χ0) is 16.6. The van der Waals surface area contributed by atoms with Gasteiger partial charge >= 0.3 is 29.6 Å². The molecule has 0 spiro atoms. The van der Waals surface area contributed by atoms with Gasteiger partial charge in [0, 0.05) is 15.3 Å². The summed E-state index contributed by atoms with van der Waals surface area (Å²) in [5.41, 5.74) is 0.301. The van der Waals surface area contributed by atoms with Gasteiger partial charge in [0.25, 0.3) is 0 Å². The van der Waals surface area contributed by atoms with E-state index in [0.717, 1.165) is 10.1 Å². The number of carbonyl (C=O) groups is 1. The predicted octanol–water partition coefficient (Wildman–Crippen LogP) is 0.835. The second-order valence-corrected chi connectivity index (χ2v) is 7.91. The van der Waals surface area contributed by atoms with Crippen LogP contribution >= 0.6 is 22.9 Å². The standard InChI is InChI=1S/C16H11ClO4S2.Na/c17-12-6-5-11(9-23(19,20)21)13(8-12)16(18)15-7-10-3-1-2-4-14(10)22-15;/h1-8H,9H2,(H,19,20,21);/q;+1/p-1. The van der Waals surface area contributed by atoms with Crippen LogP contribution < -0.4 is 29.6 Å². The van der Waals surface area contributed by atoms with Crippen molar-refractivity contribution >= 4 is 48.9 Å². The normalized spacial score (nSPS) is 11.2. The molecule has 0 atom stereocenters. The van der Waals surface area contributed by atoms with Crippen LogP contribution in [0.1, 0.15) is 20.8 Å². The Morgan fingerprint density at radius 1 is 1.12 bits per heavy atom.